The van der Waals surface area contributed by atoms with Crippen LogP contribution < -0.4 is 21.9 Å². The molecule has 1 aliphatic rings. The fraction of sp³-hybridized carbons (Fsp3) is 0. The molecule has 0 aromatic rings. The Balaban J connectivity index is 2.88. The highest BCUT2D eigenvalue weighted by Crippen LogP contribution is 1.56. The van der Waals surface area contributed by atoms with Gasteiger partial charge in [-0.25, -0.2) is 0 Å². The van der Waals surface area contributed by atoms with Crippen molar-refractivity contribution in [2.75, 3.05) is 0 Å². The third-order valence-electron chi connectivity index (χ3n) is 0.581. The quantitative estimate of drug-likeness (QED) is 0.267. The average molecular weight is 136 g/mol. The first-order chi connectivity index (χ1) is 3.80. The van der Waals surface area contributed by atoms with E-state index in [1.54, 1.807) is 0 Å². The molecule has 1 heterocycles. The lowest BCUT2D eigenvalue weighted by molar-refractivity contribution is 0.556. The number of nitrogens with one attached hydrogen (secondary N) is 4. The van der Waals surface area contributed by atoms with Crippen LogP contribution in [0.5, 0.6) is 0 Å². The topological polar surface area (TPSA) is 82.3 Å². The van der Waals surface area contributed by atoms with Crippen LogP contribution in [0.25, 0.3) is 0 Å². The third kappa shape index (κ3) is 1.02. The summed E-state index contributed by atoms with van der Waals surface area (Å²) in [5, 5.41) is -0.00926. The average Bonchev–Trinajstić information content (AvgIpc) is 2.12. The second-order valence-electron chi connectivity index (χ2n) is 1.06. The third-order valence-corrected chi connectivity index (χ3v) is 1.12. The second-order valence-corrected chi connectivity index (χ2v) is 1.94. The van der Waals surface area contributed by atoms with E-state index in [0.717, 1.165) is 0 Å². The Hall–Kier alpha value is -0.470. The van der Waals surface area contributed by atoms with E-state index in [9.17, 15) is 8.42 Å². The van der Waals surface area contributed by atoms with Gasteiger partial charge in [-0.05, 0) is 0 Å². The first-order valence-corrected chi connectivity index (χ1v) is 2.86. The SMILES string of the molecule is O=S(=O)=C1NNNN1. The molecule has 0 spiro atoms. The number of rotatable bonds is 0. The molecule has 8 heavy (non-hydrogen) atoms. The van der Waals surface area contributed by atoms with E-state index in [0.29, 0.717) is 0 Å². The molecular formula is CH4N4O2S. The van der Waals surface area contributed by atoms with E-state index < -0.39 is 10.3 Å². The van der Waals surface area contributed by atoms with Crippen molar-refractivity contribution in [3.63, 3.8) is 0 Å². The molecule has 4 N–H and O–H groups in total. The minimum absolute atomic E-state index is 0.00926. The number of hydrogen-bond donors (Lipinski definition) is 4. The summed E-state index contributed by atoms with van der Waals surface area (Å²) in [7, 11) is -2.22. The van der Waals surface area contributed by atoms with Crippen LogP contribution in [0.4, 0.5) is 0 Å². The molecule has 0 aromatic carbocycles. The van der Waals surface area contributed by atoms with Gasteiger partial charge in [-0.2, -0.15) is 30.3 Å². The van der Waals surface area contributed by atoms with Crippen molar-refractivity contribution in [3.8, 4) is 0 Å². The number of hydrazine groups is 3. The Morgan fingerprint density at radius 1 is 1.12 bits per heavy atom. The molecule has 0 saturated carbocycles. The summed E-state index contributed by atoms with van der Waals surface area (Å²) in [6.45, 7) is 0. The van der Waals surface area contributed by atoms with Crippen LogP contribution in [0.1, 0.15) is 0 Å². The van der Waals surface area contributed by atoms with Crippen LogP contribution in [0.15, 0.2) is 0 Å². The van der Waals surface area contributed by atoms with Gasteiger partial charge in [0.25, 0.3) is 0 Å². The van der Waals surface area contributed by atoms with E-state index in [4.69, 9.17) is 0 Å². The fourth-order valence-corrected chi connectivity index (χ4v) is 0.559. The van der Waals surface area contributed by atoms with E-state index >= 15 is 0 Å². The molecule has 0 bridgehead atoms. The van der Waals surface area contributed by atoms with Crippen LogP contribution in [0, 0.1) is 0 Å². The molecule has 7 heteroatoms. The molecule has 0 atom stereocenters. The van der Waals surface area contributed by atoms with Crippen molar-refractivity contribution < 1.29 is 8.42 Å². The standard InChI is InChI=1S/CH4N4O2S/c6-8(7)1-2-4-5-3-1/h2-5H. The minimum Gasteiger partial charge on any atom is -0.187 e. The largest absolute Gasteiger partial charge is 0.246 e. The van der Waals surface area contributed by atoms with Gasteiger partial charge in [0, 0.05) is 0 Å². The van der Waals surface area contributed by atoms with Gasteiger partial charge >= 0.3 is 0 Å². The normalized spacial score (nSPS) is 19.2. The van der Waals surface area contributed by atoms with Crippen LogP contribution in [0.2, 0.25) is 0 Å². The molecule has 6 nitrogen and oxygen atoms in total. The monoisotopic (exact) mass is 136 g/mol. The van der Waals surface area contributed by atoms with Crippen molar-refractivity contribution in [2.24, 2.45) is 0 Å². The second kappa shape index (κ2) is 2.20. The molecule has 46 valence electrons. The van der Waals surface area contributed by atoms with Crippen LogP contribution >= 0.6 is 0 Å². The van der Waals surface area contributed by atoms with Gasteiger partial charge in [-0.3, -0.25) is 0 Å². The highest BCUT2D eigenvalue weighted by molar-refractivity contribution is 7.72. The van der Waals surface area contributed by atoms with Crippen LogP contribution in [0.3, 0.4) is 0 Å². The van der Waals surface area contributed by atoms with Gasteiger partial charge in [-0.1, -0.05) is 0 Å². The van der Waals surface area contributed by atoms with Crippen molar-refractivity contribution in [3.05, 3.63) is 0 Å². The molecule has 0 aliphatic carbocycles. The first kappa shape index (κ1) is 5.66. The maximum absolute atomic E-state index is 9.96. The smallest absolute Gasteiger partial charge is 0.187 e. The summed E-state index contributed by atoms with van der Waals surface area (Å²) in [5.41, 5.74) is 9.20. The molecule has 1 saturated heterocycles. The summed E-state index contributed by atoms with van der Waals surface area (Å²) in [6.07, 6.45) is 0. The van der Waals surface area contributed by atoms with E-state index in [1.165, 1.54) is 0 Å². The molecule has 1 rings (SSSR count). The van der Waals surface area contributed by atoms with E-state index in [1.807, 2.05) is 0 Å². The zero-order chi connectivity index (χ0) is 5.98. The lowest BCUT2D eigenvalue weighted by Gasteiger charge is -1.79. The van der Waals surface area contributed by atoms with Crippen LogP contribution in [-0.4, -0.2) is 13.5 Å². The summed E-state index contributed by atoms with van der Waals surface area (Å²) in [6, 6.07) is 0. The zero-order valence-electron chi connectivity index (χ0n) is 3.72. The van der Waals surface area contributed by atoms with Gasteiger partial charge in [0.05, 0.1) is 0 Å². The van der Waals surface area contributed by atoms with Crippen molar-refractivity contribution in [2.45, 2.75) is 0 Å². The lowest BCUT2D eigenvalue weighted by Crippen LogP contribution is -2.33. The summed E-state index contributed by atoms with van der Waals surface area (Å²) >= 11 is 0. The Kier molecular flexibility index (Phi) is 1.56. The Bertz CT molecular complexity index is 188. The summed E-state index contributed by atoms with van der Waals surface area (Å²) < 4.78 is 19.9. The Morgan fingerprint density at radius 3 is 1.88 bits per heavy atom. The maximum Gasteiger partial charge on any atom is 0.246 e. The van der Waals surface area contributed by atoms with Crippen molar-refractivity contribution >= 4 is 15.4 Å². The van der Waals surface area contributed by atoms with Crippen LogP contribution in [-0.2, 0) is 10.3 Å². The predicted octanol–water partition coefficient (Wildman–Crippen LogP) is -2.93. The van der Waals surface area contributed by atoms with Gasteiger partial charge in [0.1, 0.15) is 0 Å². The van der Waals surface area contributed by atoms with Gasteiger partial charge in [0.15, 0.2) is 0 Å². The lowest BCUT2D eigenvalue weighted by atomic mass is 11.2. The molecule has 0 aromatic heterocycles. The molecule has 1 fully saturated rings. The molecule has 0 radical (unpaired) electrons. The highest BCUT2D eigenvalue weighted by atomic mass is 32.2. The van der Waals surface area contributed by atoms with Gasteiger partial charge in [0.2, 0.25) is 15.4 Å². The first-order valence-electron chi connectivity index (χ1n) is 1.79. The van der Waals surface area contributed by atoms with Crippen molar-refractivity contribution in [1.29, 1.82) is 0 Å². The molecular weight excluding hydrogens is 132 g/mol. The Morgan fingerprint density at radius 2 is 1.62 bits per heavy atom. The molecule has 1 aliphatic heterocycles. The maximum atomic E-state index is 9.96. The predicted molar refractivity (Wildman–Crippen MR) is 26.5 cm³/mol. The van der Waals surface area contributed by atoms with E-state index in [-0.39, 0.29) is 5.11 Å². The van der Waals surface area contributed by atoms with Gasteiger partial charge in [-0.15, -0.1) is 0 Å². The summed E-state index contributed by atoms with van der Waals surface area (Å²) in [4.78, 5) is 0. The number of hydrogen-bond acceptors (Lipinski definition) is 4. The highest BCUT2D eigenvalue weighted by Gasteiger charge is 2.03. The Labute approximate surface area is 46.7 Å². The van der Waals surface area contributed by atoms with E-state index in [2.05, 4.69) is 21.9 Å². The summed E-state index contributed by atoms with van der Waals surface area (Å²) in [5.74, 6) is 0. The minimum atomic E-state index is -2.22. The zero-order valence-corrected chi connectivity index (χ0v) is 4.54. The molecule has 0 amide bonds. The molecule has 0 unspecified atom stereocenters. The fourth-order valence-electron chi connectivity index (χ4n) is 0.291. The van der Waals surface area contributed by atoms with Gasteiger partial charge < -0.3 is 0 Å². The van der Waals surface area contributed by atoms with Crippen molar-refractivity contribution in [1.82, 2.24) is 21.9 Å².